The van der Waals surface area contributed by atoms with E-state index in [0.717, 1.165) is 16.8 Å². The maximum absolute atomic E-state index is 14.2. The van der Waals surface area contributed by atoms with E-state index in [1.54, 1.807) is 23.1 Å². The Labute approximate surface area is 160 Å². The number of nitrogens with zero attached hydrogens (tertiary/aromatic N) is 2. The number of ether oxygens (including phenoxy) is 2. The summed E-state index contributed by atoms with van der Waals surface area (Å²) in [4.78, 5) is 14.7. The maximum atomic E-state index is 14.2. The third kappa shape index (κ3) is 2.89. The predicted octanol–water partition coefficient (Wildman–Crippen LogP) is 3.07. The van der Waals surface area contributed by atoms with Crippen molar-refractivity contribution in [2.45, 2.75) is 19.4 Å². The molecule has 3 aromatic rings. The number of H-pyrrole nitrogens is 1. The van der Waals surface area contributed by atoms with Gasteiger partial charge in [-0.3, -0.25) is 9.89 Å². The highest BCUT2D eigenvalue weighted by Crippen LogP contribution is 2.33. The number of nitrogens with one attached hydrogen (secondary N) is 1. The second-order valence-corrected chi connectivity index (χ2v) is 6.94. The monoisotopic (exact) mass is 379 g/mol. The minimum atomic E-state index is -0.319. The maximum Gasteiger partial charge on any atom is 0.231 e. The molecule has 1 aromatic heterocycles. The molecule has 6 nitrogen and oxygen atoms in total. The predicted molar refractivity (Wildman–Crippen MR) is 99.4 cm³/mol. The summed E-state index contributed by atoms with van der Waals surface area (Å²) in [5, 5.41) is 7.32. The fourth-order valence-corrected chi connectivity index (χ4v) is 3.72. The van der Waals surface area contributed by atoms with Gasteiger partial charge in [-0.05, 0) is 29.8 Å². The summed E-state index contributed by atoms with van der Waals surface area (Å²) < 4.78 is 24.9. The molecular formula is C21H18FN3O3. The second-order valence-electron chi connectivity index (χ2n) is 6.94. The topological polar surface area (TPSA) is 67.5 Å². The second kappa shape index (κ2) is 6.67. The highest BCUT2D eigenvalue weighted by atomic mass is 19.1. The zero-order valence-electron chi connectivity index (χ0n) is 15.1. The van der Waals surface area contributed by atoms with Gasteiger partial charge < -0.3 is 14.4 Å². The van der Waals surface area contributed by atoms with Crippen molar-refractivity contribution in [2.24, 2.45) is 0 Å². The van der Waals surface area contributed by atoms with Crippen molar-refractivity contribution in [3.63, 3.8) is 0 Å². The number of halogens is 1. The molecule has 0 saturated carbocycles. The summed E-state index contributed by atoms with van der Waals surface area (Å²) in [6, 6.07) is 12.1. The number of benzene rings is 2. The molecule has 0 aliphatic carbocycles. The van der Waals surface area contributed by atoms with Gasteiger partial charge in [0.15, 0.2) is 11.5 Å². The molecule has 142 valence electrons. The molecule has 0 saturated heterocycles. The summed E-state index contributed by atoms with van der Waals surface area (Å²) in [6.45, 7) is 1.23. The largest absolute Gasteiger partial charge is 0.454 e. The van der Waals surface area contributed by atoms with Gasteiger partial charge >= 0.3 is 0 Å². The summed E-state index contributed by atoms with van der Waals surface area (Å²) in [5.74, 6) is 1.07. The Morgan fingerprint density at radius 2 is 2.04 bits per heavy atom. The molecule has 0 atom stereocenters. The van der Waals surface area contributed by atoms with E-state index in [1.165, 1.54) is 6.07 Å². The normalized spacial score (nSPS) is 14.8. The minimum Gasteiger partial charge on any atom is -0.454 e. The molecule has 0 radical (unpaired) electrons. The van der Waals surface area contributed by atoms with Crippen molar-refractivity contribution in [2.75, 3.05) is 13.3 Å². The molecule has 0 fully saturated rings. The van der Waals surface area contributed by atoms with Crippen LogP contribution < -0.4 is 9.47 Å². The van der Waals surface area contributed by atoms with Gasteiger partial charge in [0.2, 0.25) is 12.7 Å². The van der Waals surface area contributed by atoms with Crippen molar-refractivity contribution >= 4 is 5.91 Å². The van der Waals surface area contributed by atoms with Gasteiger partial charge in [0.1, 0.15) is 11.5 Å². The quantitative estimate of drug-likeness (QED) is 0.760. The van der Waals surface area contributed by atoms with Crippen molar-refractivity contribution in [1.29, 1.82) is 0 Å². The first kappa shape index (κ1) is 16.8. The van der Waals surface area contributed by atoms with E-state index in [-0.39, 0.29) is 24.9 Å². The van der Waals surface area contributed by atoms with Gasteiger partial charge in [0.05, 0.1) is 6.42 Å². The average molecular weight is 379 g/mol. The Morgan fingerprint density at radius 1 is 1.18 bits per heavy atom. The lowest BCUT2D eigenvalue weighted by Crippen LogP contribution is -2.36. The van der Waals surface area contributed by atoms with Gasteiger partial charge in [-0.2, -0.15) is 5.10 Å². The van der Waals surface area contributed by atoms with Crippen LogP contribution in [-0.2, 0) is 24.2 Å². The lowest BCUT2D eigenvalue weighted by molar-refractivity contribution is -0.131. The summed E-state index contributed by atoms with van der Waals surface area (Å²) in [7, 11) is 0. The van der Waals surface area contributed by atoms with Crippen molar-refractivity contribution in [3.8, 4) is 22.8 Å². The van der Waals surface area contributed by atoms with E-state index in [2.05, 4.69) is 10.2 Å². The van der Waals surface area contributed by atoms with Crippen LogP contribution in [0, 0.1) is 5.82 Å². The third-order valence-electron chi connectivity index (χ3n) is 5.21. The van der Waals surface area contributed by atoms with E-state index in [4.69, 9.17) is 9.47 Å². The number of carbonyl (C=O) groups excluding carboxylic acids is 1. The fraction of sp³-hybridized carbons (Fsp3) is 0.238. The van der Waals surface area contributed by atoms with Crippen LogP contribution in [0.15, 0.2) is 42.5 Å². The van der Waals surface area contributed by atoms with E-state index < -0.39 is 0 Å². The minimum absolute atomic E-state index is 0.0187. The zero-order valence-corrected chi connectivity index (χ0v) is 15.1. The summed E-state index contributed by atoms with van der Waals surface area (Å²) in [6.07, 6.45) is 0.947. The lowest BCUT2D eigenvalue weighted by atomic mass is 10.00. The Bertz CT molecular complexity index is 1060. The number of fused-ring (bicyclic) bond motifs is 2. The van der Waals surface area contributed by atoms with Crippen LogP contribution in [-0.4, -0.2) is 34.3 Å². The standard InChI is InChI=1S/C21H18FN3O3/c22-16-4-2-1-3-14(16)21-15-11-25(8-7-17(15)23-24-21)20(26)10-13-5-6-18-19(9-13)28-12-27-18/h1-6,9H,7-8,10-12H2,(H,23,24). The van der Waals surface area contributed by atoms with Crippen LogP contribution in [0.1, 0.15) is 16.8 Å². The van der Waals surface area contributed by atoms with E-state index in [0.29, 0.717) is 42.3 Å². The van der Waals surface area contributed by atoms with Crippen molar-refractivity contribution < 1.29 is 18.7 Å². The number of hydrogen-bond donors (Lipinski definition) is 1. The van der Waals surface area contributed by atoms with E-state index in [1.807, 2.05) is 18.2 Å². The van der Waals surface area contributed by atoms with Crippen molar-refractivity contribution in [3.05, 3.63) is 65.1 Å². The first-order chi connectivity index (χ1) is 13.7. The van der Waals surface area contributed by atoms with Gasteiger partial charge in [0.25, 0.3) is 0 Å². The molecule has 5 rings (SSSR count). The molecule has 7 heteroatoms. The molecule has 28 heavy (non-hydrogen) atoms. The SMILES string of the molecule is O=C(Cc1ccc2c(c1)OCO2)N1CCc2[nH]nc(-c3ccccc3F)c2C1. The van der Waals surface area contributed by atoms with Crippen LogP contribution in [0.2, 0.25) is 0 Å². The smallest absolute Gasteiger partial charge is 0.231 e. The Morgan fingerprint density at radius 3 is 2.93 bits per heavy atom. The fourth-order valence-electron chi connectivity index (χ4n) is 3.72. The number of aromatic amines is 1. The highest BCUT2D eigenvalue weighted by molar-refractivity contribution is 5.80. The first-order valence-corrected chi connectivity index (χ1v) is 9.16. The number of amides is 1. The molecule has 3 heterocycles. The van der Waals surface area contributed by atoms with Crippen LogP contribution in [0.25, 0.3) is 11.3 Å². The zero-order chi connectivity index (χ0) is 19.1. The molecule has 0 spiro atoms. The molecule has 1 amide bonds. The average Bonchev–Trinajstić information content (AvgIpc) is 3.34. The van der Waals surface area contributed by atoms with Gasteiger partial charge in [-0.25, -0.2) is 4.39 Å². The lowest BCUT2D eigenvalue weighted by Gasteiger charge is -2.27. The van der Waals surface area contributed by atoms with Crippen LogP contribution in [0.3, 0.4) is 0 Å². The molecule has 1 N–H and O–H groups in total. The van der Waals surface area contributed by atoms with E-state index >= 15 is 0 Å². The van der Waals surface area contributed by atoms with Gasteiger partial charge in [0, 0.05) is 36.3 Å². The molecule has 0 unspecified atom stereocenters. The molecule has 2 aliphatic heterocycles. The number of hydrogen-bond acceptors (Lipinski definition) is 4. The molecule has 0 bridgehead atoms. The van der Waals surface area contributed by atoms with Gasteiger partial charge in [-0.1, -0.05) is 18.2 Å². The Kier molecular flexibility index (Phi) is 4.00. The number of carbonyl (C=O) groups is 1. The highest BCUT2D eigenvalue weighted by Gasteiger charge is 2.27. The molecular weight excluding hydrogens is 361 g/mol. The summed E-state index contributed by atoms with van der Waals surface area (Å²) in [5.41, 5.74) is 3.75. The van der Waals surface area contributed by atoms with Crippen molar-refractivity contribution in [1.82, 2.24) is 15.1 Å². The number of rotatable bonds is 3. The van der Waals surface area contributed by atoms with Crippen LogP contribution in [0.5, 0.6) is 11.5 Å². The number of aromatic nitrogens is 2. The molecule has 2 aliphatic rings. The Hall–Kier alpha value is -3.35. The van der Waals surface area contributed by atoms with Crippen LogP contribution >= 0.6 is 0 Å². The summed E-state index contributed by atoms with van der Waals surface area (Å²) >= 11 is 0. The third-order valence-corrected chi connectivity index (χ3v) is 5.21. The molecule has 2 aromatic carbocycles. The van der Waals surface area contributed by atoms with E-state index in [9.17, 15) is 9.18 Å². The van der Waals surface area contributed by atoms with Crippen LogP contribution in [0.4, 0.5) is 4.39 Å². The Balaban J connectivity index is 1.36. The van der Waals surface area contributed by atoms with Gasteiger partial charge in [-0.15, -0.1) is 0 Å². The first-order valence-electron chi connectivity index (χ1n) is 9.16.